The molecule has 1 N–H and O–H groups in total. The fraction of sp³-hybridized carbons (Fsp3) is 0.167. The molecule has 1 aromatic heterocycles. The molecule has 0 saturated heterocycles. The number of aromatic nitrogens is 1. The number of hydrogen-bond acceptors (Lipinski definition) is 5. The molecule has 0 radical (unpaired) electrons. The van der Waals surface area contributed by atoms with Crippen LogP contribution < -0.4 is 5.32 Å². The number of carbonyl (C=O) groups is 1. The normalized spacial score (nSPS) is 10.2. The number of nitrogens with zero attached hydrogens (tertiary/aromatic N) is 2. The van der Waals surface area contributed by atoms with Gasteiger partial charge in [-0.15, -0.1) is 11.3 Å². The van der Waals surface area contributed by atoms with Gasteiger partial charge in [-0.3, -0.25) is 14.9 Å². The fourth-order valence-electron chi connectivity index (χ4n) is 1.60. The number of nitrogens with one attached hydrogen (secondary N) is 1. The fourth-order valence-corrected chi connectivity index (χ4v) is 2.40. The Kier molecular flexibility index (Phi) is 4.65. The van der Waals surface area contributed by atoms with Crippen molar-refractivity contribution in [1.29, 1.82) is 0 Å². The topological polar surface area (TPSA) is 85.1 Å². The molecule has 2 aromatic rings. The Balaban J connectivity index is 2.05. The van der Waals surface area contributed by atoms with Gasteiger partial charge in [-0.2, -0.15) is 0 Å². The largest absolute Gasteiger partial charge is 0.351 e. The quantitative estimate of drug-likeness (QED) is 0.679. The predicted molar refractivity (Wildman–Crippen MR) is 76.3 cm³/mol. The van der Waals surface area contributed by atoms with E-state index in [0.29, 0.717) is 13.0 Å². The zero-order valence-corrected chi connectivity index (χ0v) is 11.8. The highest BCUT2D eigenvalue weighted by Gasteiger charge is 2.20. The lowest BCUT2D eigenvalue weighted by molar-refractivity contribution is -0.385. The molecule has 0 unspecified atom stereocenters. The second-order valence-electron chi connectivity index (χ2n) is 3.85. The molecule has 0 aliphatic carbocycles. The van der Waals surface area contributed by atoms with Crippen molar-refractivity contribution in [2.24, 2.45) is 0 Å². The van der Waals surface area contributed by atoms with Gasteiger partial charge in [-0.25, -0.2) is 4.98 Å². The average molecular weight is 312 g/mol. The first-order valence-corrected chi connectivity index (χ1v) is 6.94. The summed E-state index contributed by atoms with van der Waals surface area (Å²) in [5.41, 5.74) is -0.303. The Morgan fingerprint density at radius 1 is 1.50 bits per heavy atom. The number of nitro groups is 1. The molecule has 104 valence electrons. The van der Waals surface area contributed by atoms with Crippen molar-refractivity contribution in [3.8, 4) is 0 Å². The number of carbonyl (C=O) groups excluding carboxylic acids is 1. The Labute approximate surface area is 123 Å². The number of benzene rings is 1. The van der Waals surface area contributed by atoms with Crippen LogP contribution in [0.25, 0.3) is 0 Å². The Hall–Kier alpha value is -1.99. The van der Waals surface area contributed by atoms with Crippen molar-refractivity contribution < 1.29 is 9.72 Å². The Bertz CT molecular complexity index is 631. The zero-order chi connectivity index (χ0) is 14.5. The van der Waals surface area contributed by atoms with E-state index in [1.165, 1.54) is 29.5 Å². The lowest BCUT2D eigenvalue weighted by Crippen LogP contribution is -2.26. The number of hydrogen-bond donors (Lipinski definition) is 1. The van der Waals surface area contributed by atoms with Crippen LogP contribution in [0.3, 0.4) is 0 Å². The van der Waals surface area contributed by atoms with E-state index in [0.717, 1.165) is 5.01 Å². The van der Waals surface area contributed by atoms with Gasteiger partial charge >= 0.3 is 0 Å². The van der Waals surface area contributed by atoms with Crippen LogP contribution in [0.15, 0.2) is 29.8 Å². The zero-order valence-electron chi connectivity index (χ0n) is 10.2. The maximum Gasteiger partial charge on any atom is 0.282 e. The van der Waals surface area contributed by atoms with Gasteiger partial charge in [-0.1, -0.05) is 11.6 Å². The summed E-state index contributed by atoms with van der Waals surface area (Å²) in [7, 11) is 0. The molecule has 20 heavy (non-hydrogen) atoms. The van der Waals surface area contributed by atoms with Gasteiger partial charge in [0, 0.05) is 35.6 Å². The van der Waals surface area contributed by atoms with Crippen molar-refractivity contribution in [2.45, 2.75) is 6.42 Å². The number of rotatable bonds is 5. The molecule has 0 aliphatic rings. The minimum Gasteiger partial charge on any atom is -0.351 e. The van der Waals surface area contributed by atoms with E-state index in [2.05, 4.69) is 10.3 Å². The monoisotopic (exact) mass is 311 g/mol. The van der Waals surface area contributed by atoms with Gasteiger partial charge in [0.25, 0.3) is 11.6 Å². The first-order chi connectivity index (χ1) is 9.58. The minimum absolute atomic E-state index is 0.0401. The summed E-state index contributed by atoms with van der Waals surface area (Å²) in [4.78, 5) is 26.3. The number of thiazole rings is 1. The summed E-state index contributed by atoms with van der Waals surface area (Å²) in [6.07, 6.45) is 2.27. The first-order valence-electron chi connectivity index (χ1n) is 5.68. The molecule has 0 fully saturated rings. The van der Waals surface area contributed by atoms with Crippen LogP contribution in [0.1, 0.15) is 15.4 Å². The lowest BCUT2D eigenvalue weighted by atomic mass is 10.1. The highest BCUT2D eigenvalue weighted by molar-refractivity contribution is 7.09. The second-order valence-corrected chi connectivity index (χ2v) is 5.27. The standard InChI is InChI=1S/C12H10ClN3O3S/c13-8-1-2-10(16(18)19)9(7-8)12(17)15-4-3-11-14-5-6-20-11/h1-2,5-7H,3-4H2,(H,15,17). The van der Waals surface area contributed by atoms with Crippen molar-refractivity contribution in [1.82, 2.24) is 10.3 Å². The number of halogens is 1. The van der Waals surface area contributed by atoms with E-state index in [1.807, 2.05) is 5.38 Å². The number of nitro benzene ring substituents is 1. The maximum atomic E-state index is 12.0. The molecule has 0 atom stereocenters. The smallest absolute Gasteiger partial charge is 0.282 e. The van der Waals surface area contributed by atoms with E-state index in [-0.39, 0.29) is 16.3 Å². The van der Waals surface area contributed by atoms with Crippen LogP contribution in [0.4, 0.5) is 5.69 Å². The molecule has 0 aliphatic heterocycles. The molecule has 0 spiro atoms. The van der Waals surface area contributed by atoms with Crippen molar-refractivity contribution >= 4 is 34.5 Å². The summed E-state index contributed by atoms with van der Waals surface area (Å²) in [5.74, 6) is -0.518. The van der Waals surface area contributed by atoms with Crippen LogP contribution in [0, 0.1) is 10.1 Å². The van der Waals surface area contributed by atoms with E-state index < -0.39 is 10.8 Å². The average Bonchev–Trinajstić information content (AvgIpc) is 2.91. The van der Waals surface area contributed by atoms with Crippen molar-refractivity contribution in [3.63, 3.8) is 0 Å². The minimum atomic E-state index is -0.605. The Morgan fingerprint density at radius 3 is 2.95 bits per heavy atom. The highest BCUT2D eigenvalue weighted by Crippen LogP contribution is 2.22. The predicted octanol–water partition coefficient (Wildman–Crippen LogP) is 2.68. The third-order valence-corrected chi connectivity index (χ3v) is 3.58. The van der Waals surface area contributed by atoms with Gasteiger partial charge < -0.3 is 5.32 Å². The summed E-state index contributed by atoms with van der Waals surface area (Å²) in [6, 6.07) is 3.89. The molecular weight excluding hydrogens is 302 g/mol. The van der Waals surface area contributed by atoms with Crippen LogP contribution in [0.5, 0.6) is 0 Å². The summed E-state index contributed by atoms with van der Waals surface area (Å²) in [6.45, 7) is 0.357. The van der Waals surface area contributed by atoms with Crippen molar-refractivity contribution in [2.75, 3.05) is 6.54 Å². The van der Waals surface area contributed by atoms with Gasteiger partial charge in [0.2, 0.25) is 0 Å². The maximum absolute atomic E-state index is 12.0. The molecule has 6 nitrogen and oxygen atoms in total. The molecule has 0 saturated carbocycles. The van der Waals surface area contributed by atoms with E-state index in [1.54, 1.807) is 6.20 Å². The van der Waals surface area contributed by atoms with Gasteiger partial charge in [0.1, 0.15) is 5.56 Å². The third-order valence-electron chi connectivity index (χ3n) is 2.51. The van der Waals surface area contributed by atoms with Gasteiger partial charge in [-0.05, 0) is 12.1 Å². The molecule has 1 amide bonds. The van der Waals surface area contributed by atoms with E-state index in [4.69, 9.17) is 11.6 Å². The summed E-state index contributed by atoms with van der Waals surface area (Å²) < 4.78 is 0. The molecule has 1 aromatic carbocycles. The molecule has 2 rings (SSSR count). The second kappa shape index (κ2) is 6.44. The Morgan fingerprint density at radius 2 is 2.30 bits per heavy atom. The molecule has 8 heteroatoms. The van der Waals surface area contributed by atoms with Crippen LogP contribution in [-0.4, -0.2) is 22.4 Å². The SMILES string of the molecule is O=C(NCCc1nccs1)c1cc(Cl)ccc1[N+](=O)[O-]. The van der Waals surface area contributed by atoms with Gasteiger partial charge in [0.15, 0.2) is 0 Å². The van der Waals surface area contributed by atoms with E-state index in [9.17, 15) is 14.9 Å². The molecule has 1 heterocycles. The third kappa shape index (κ3) is 3.52. The van der Waals surface area contributed by atoms with Gasteiger partial charge in [0.05, 0.1) is 9.93 Å². The van der Waals surface area contributed by atoms with Crippen LogP contribution in [-0.2, 0) is 6.42 Å². The summed E-state index contributed by atoms with van der Waals surface area (Å²) >= 11 is 7.26. The van der Waals surface area contributed by atoms with E-state index >= 15 is 0 Å². The molecular formula is C12H10ClN3O3S. The molecule has 0 bridgehead atoms. The van der Waals surface area contributed by atoms with Crippen LogP contribution >= 0.6 is 22.9 Å². The lowest BCUT2D eigenvalue weighted by Gasteiger charge is -2.05. The van der Waals surface area contributed by atoms with Crippen molar-refractivity contribution in [3.05, 3.63) is 55.5 Å². The highest BCUT2D eigenvalue weighted by atomic mass is 35.5. The first kappa shape index (κ1) is 14.4. The van der Waals surface area contributed by atoms with Crippen LogP contribution in [0.2, 0.25) is 5.02 Å². The summed E-state index contributed by atoms with van der Waals surface area (Å²) in [5, 5.41) is 16.5. The number of amides is 1.